The van der Waals surface area contributed by atoms with E-state index in [-0.39, 0.29) is 18.3 Å². The summed E-state index contributed by atoms with van der Waals surface area (Å²) in [5, 5.41) is 10.5. The average molecular weight is 371 g/mol. The number of rotatable bonds is 7. The van der Waals surface area contributed by atoms with Gasteiger partial charge in [0.05, 0.1) is 12.1 Å². The molecule has 0 saturated carbocycles. The molecule has 2 N–H and O–H groups in total. The predicted octanol–water partition coefficient (Wildman–Crippen LogP) is 3.58. The first kappa shape index (κ1) is 19.7. The van der Waals surface area contributed by atoms with E-state index in [9.17, 15) is 4.79 Å². The third kappa shape index (κ3) is 5.18. The van der Waals surface area contributed by atoms with Crippen molar-refractivity contribution in [3.05, 3.63) is 78.1 Å². The van der Waals surface area contributed by atoms with Crippen molar-refractivity contribution in [2.45, 2.75) is 19.9 Å². The maximum absolute atomic E-state index is 12.4. The normalized spacial score (nSPS) is 10.2. The second-order valence-electron chi connectivity index (χ2n) is 5.78. The number of carbonyl (C=O) groups excluding carboxylic acids is 1. The second kappa shape index (κ2) is 9.75. The Morgan fingerprint density at radius 1 is 1.08 bits per heavy atom. The van der Waals surface area contributed by atoms with Crippen LogP contribution in [0.2, 0.25) is 0 Å². The fourth-order valence-electron chi connectivity index (χ4n) is 2.62. The Bertz CT molecular complexity index is 816. The highest BCUT2D eigenvalue weighted by Crippen LogP contribution is 2.16. The molecule has 0 spiro atoms. The SMILES string of the molecule is CCNCc1ccccc1NC(=O)Cc1ccc(-n2cccn2)cc1.Cl. The minimum atomic E-state index is -0.0178. The zero-order chi connectivity index (χ0) is 17.5. The van der Waals surface area contributed by atoms with Crippen LogP contribution in [-0.4, -0.2) is 22.2 Å². The Morgan fingerprint density at radius 3 is 2.54 bits per heavy atom. The average Bonchev–Trinajstić information content (AvgIpc) is 3.16. The summed E-state index contributed by atoms with van der Waals surface area (Å²) >= 11 is 0. The maximum Gasteiger partial charge on any atom is 0.228 e. The summed E-state index contributed by atoms with van der Waals surface area (Å²) in [4.78, 5) is 12.4. The Morgan fingerprint density at radius 2 is 1.85 bits per heavy atom. The fourth-order valence-corrected chi connectivity index (χ4v) is 2.62. The van der Waals surface area contributed by atoms with Crippen LogP contribution in [0.5, 0.6) is 0 Å². The van der Waals surface area contributed by atoms with Gasteiger partial charge in [0, 0.05) is 24.6 Å². The molecule has 0 aliphatic heterocycles. The third-order valence-electron chi connectivity index (χ3n) is 3.93. The topological polar surface area (TPSA) is 58.9 Å². The first-order valence-electron chi connectivity index (χ1n) is 8.43. The summed E-state index contributed by atoms with van der Waals surface area (Å²) in [5.74, 6) is -0.0178. The number of nitrogens with zero attached hydrogens (tertiary/aromatic N) is 2. The van der Waals surface area contributed by atoms with Gasteiger partial charge in [0.25, 0.3) is 0 Å². The van der Waals surface area contributed by atoms with Gasteiger partial charge in [-0.25, -0.2) is 4.68 Å². The van der Waals surface area contributed by atoms with Crippen LogP contribution in [-0.2, 0) is 17.8 Å². The summed E-state index contributed by atoms with van der Waals surface area (Å²) in [6.07, 6.45) is 3.98. The molecule has 6 heteroatoms. The van der Waals surface area contributed by atoms with E-state index in [1.807, 2.05) is 60.8 Å². The maximum atomic E-state index is 12.4. The standard InChI is InChI=1S/C20H22N4O.ClH/c1-2-21-15-17-6-3-4-7-19(17)23-20(25)14-16-8-10-18(11-9-16)24-13-5-12-22-24;/h3-13,21H,2,14-15H2,1H3,(H,23,25);1H. The van der Waals surface area contributed by atoms with Crippen molar-refractivity contribution in [3.8, 4) is 5.69 Å². The van der Waals surface area contributed by atoms with E-state index >= 15 is 0 Å². The molecule has 1 amide bonds. The lowest BCUT2D eigenvalue weighted by Gasteiger charge is -2.11. The molecule has 0 radical (unpaired) electrons. The molecule has 136 valence electrons. The number of nitrogens with one attached hydrogen (secondary N) is 2. The fraction of sp³-hybridized carbons (Fsp3) is 0.200. The summed E-state index contributed by atoms with van der Waals surface area (Å²) in [5.41, 5.74) is 3.90. The van der Waals surface area contributed by atoms with Crippen molar-refractivity contribution >= 4 is 24.0 Å². The van der Waals surface area contributed by atoms with Crippen molar-refractivity contribution in [2.24, 2.45) is 0 Å². The lowest BCUT2D eigenvalue weighted by molar-refractivity contribution is -0.115. The molecule has 0 fully saturated rings. The number of aromatic nitrogens is 2. The number of hydrogen-bond acceptors (Lipinski definition) is 3. The zero-order valence-corrected chi connectivity index (χ0v) is 15.5. The molecule has 0 saturated heterocycles. The molecule has 0 aliphatic rings. The van der Waals surface area contributed by atoms with Crippen LogP contribution in [0, 0.1) is 0 Å². The summed E-state index contributed by atoms with van der Waals surface area (Å²) in [7, 11) is 0. The van der Waals surface area contributed by atoms with Gasteiger partial charge in [0.1, 0.15) is 0 Å². The quantitative estimate of drug-likeness (QED) is 0.668. The number of anilines is 1. The van der Waals surface area contributed by atoms with Crippen LogP contribution >= 0.6 is 12.4 Å². The van der Waals surface area contributed by atoms with Crippen LogP contribution < -0.4 is 10.6 Å². The smallest absolute Gasteiger partial charge is 0.228 e. The Hall–Kier alpha value is -2.63. The molecular weight excluding hydrogens is 348 g/mol. The van der Waals surface area contributed by atoms with Crippen LogP contribution in [0.1, 0.15) is 18.1 Å². The zero-order valence-electron chi connectivity index (χ0n) is 14.7. The number of amides is 1. The summed E-state index contributed by atoms with van der Waals surface area (Å²) in [6.45, 7) is 3.70. The van der Waals surface area contributed by atoms with Crippen LogP contribution in [0.3, 0.4) is 0 Å². The highest BCUT2D eigenvalue weighted by molar-refractivity contribution is 5.93. The van der Waals surface area contributed by atoms with Gasteiger partial charge >= 0.3 is 0 Å². The van der Waals surface area contributed by atoms with Gasteiger partial charge in [-0.15, -0.1) is 12.4 Å². The van der Waals surface area contributed by atoms with Gasteiger partial charge in [0.15, 0.2) is 0 Å². The van der Waals surface area contributed by atoms with E-state index in [0.717, 1.165) is 35.6 Å². The van der Waals surface area contributed by atoms with Crippen molar-refractivity contribution < 1.29 is 4.79 Å². The molecule has 1 heterocycles. The molecule has 0 aliphatic carbocycles. The minimum Gasteiger partial charge on any atom is -0.325 e. The Kier molecular flexibility index (Phi) is 7.38. The molecule has 2 aromatic carbocycles. The first-order chi connectivity index (χ1) is 12.3. The number of para-hydroxylation sites is 1. The minimum absolute atomic E-state index is 0. The number of hydrogen-bond donors (Lipinski definition) is 2. The monoisotopic (exact) mass is 370 g/mol. The molecule has 26 heavy (non-hydrogen) atoms. The molecular formula is C20H23ClN4O. The van der Waals surface area contributed by atoms with Crippen molar-refractivity contribution in [1.29, 1.82) is 0 Å². The highest BCUT2D eigenvalue weighted by atomic mass is 35.5. The van der Waals surface area contributed by atoms with Crippen LogP contribution in [0.4, 0.5) is 5.69 Å². The molecule has 0 unspecified atom stereocenters. The number of carbonyl (C=O) groups is 1. The second-order valence-corrected chi connectivity index (χ2v) is 5.78. The number of halogens is 1. The van der Waals surface area contributed by atoms with Crippen molar-refractivity contribution in [2.75, 3.05) is 11.9 Å². The van der Waals surface area contributed by atoms with E-state index in [2.05, 4.69) is 22.7 Å². The van der Waals surface area contributed by atoms with Crippen LogP contribution in [0.25, 0.3) is 5.69 Å². The lowest BCUT2D eigenvalue weighted by Crippen LogP contribution is -2.18. The van der Waals surface area contributed by atoms with Gasteiger partial charge in [-0.1, -0.05) is 37.3 Å². The van der Waals surface area contributed by atoms with E-state index in [4.69, 9.17) is 0 Å². The van der Waals surface area contributed by atoms with Gasteiger partial charge in [-0.05, 0) is 41.9 Å². The molecule has 0 bridgehead atoms. The molecule has 1 aromatic heterocycles. The van der Waals surface area contributed by atoms with Crippen LogP contribution in [0.15, 0.2) is 67.0 Å². The van der Waals surface area contributed by atoms with Gasteiger partial charge in [0.2, 0.25) is 5.91 Å². The molecule has 5 nitrogen and oxygen atoms in total. The largest absolute Gasteiger partial charge is 0.325 e. The molecule has 3 aromatic rings. The summed E-state index contributed by atoms with van der Waals surface area (Å²) < 4.78 is 1.79. The Balaban J connectivity index is 0.00000243. The van der Waals surface area contributed by atoms with E-state index in [1.165, 1.54) is 0 Å². The van der Waals surface area contributed by atoms with E-state index in [1.54, 1.807) is 10.9 Å². The Labute approximate surface area is 159 Å². The van der Waals surface area contributed by atoms with Gasteiger partial charge in [-0.2, -0.15) is 5.10 Å². The van der Waals surface area contributed by atoms with Crippen molar-refractivity contribution in [1.82, 2.24) is 15.1 Å². The van der Waals surface area contributed by atoms with Crippen molar-refractivity contribution in [3.63, 3.8) is 0 Å². The number of benzene rings is 2. The van der Waals surface area contributed by atoms with Gasteiger partial charge < -0.3 is 10.6 Å². The summed E-state index contributed by atoms with van der Waals surface area (Å²) in [6, 6.07) is 17.6. The molecule has 0 atom stereocenters. The first-order valence-corrected chi connectivity index (χ1v) is 8.43. The molecule has 3 rings (SSSR count). The highest BCUT2D eigenvalue weighted by Gasteiger charge is 2.08. The lowest BCUT2D eigenvalue weighted by atomic mass is 10.1. The van der Waals surface area contributed by atoms with Gasteiger partial charge in [-0.3, -0.25) is 4.79 Å². The third-order valence-corrected chi connectivity index (χ3v) is 3.93. The van der Waals surface area contributed by atoms with E-state index < -0.39 is 0 Å². The van der Waals surface area contributed by atoms with E-state index in [0.29, 0.717) is 6.42 Å². The predicted molar refractivity (Wildman–Crippen MR) is 107 cm³/mol.